The van der Waals surface area contributed by atoms with Crippen LogP contribution in [0.15, 0.2) is 24.3 Å². The molecule has 0 heterocycles. The average molecular weight is 297 g/mol. The van der Waals surface area contributed by atoms with Crippen molar-refractivity contribution < 1.29 is 14.3 Å². The van der Waals surface area contributed by atoms with E-state index in [0.29, 0.717) is 12.4 Å². The van der Waals surface area contributed by atoms with E-state index in [1.807, 2.05) is 18.2 Å². The largest absolute Gasteiger partial charge is 0.493 e. The van der Waals surface area contributed by atoms with Gasteiger partial charge in [-0.05, 0) is 41.8 Å². The van der Waals surface area contributed by atoms with Crippen molar-refractivity contribution in [2.24, 2.45) is 0 Å². The summed E-state index contributed by atoms with van der Waals surface area (Å²) >= 11 is 5.26. The monoisotopic (exact) mass is 296 g/mol. The van der Waals surface area contributed by atoms with Gasteiger partial charge in [-0.1, -0.05) is 38.3 Å². The van der Waals surface area contributed by atoms with Gasteiger partial charge in [0.15, 0.2) is 11.5 Å². The van der Waals surface area contributed by atoms with Gasteiger partial charge in [0, 0.05) is 0 Å². The zero-order valence-electron chi connectivity index (χ0n) is 12.0. The molecular formula is C16H21ClO3. The van der Waals surface area contributed by atoms with Crippen molar-refractivity contribution in [3.8, 4) is 11.5 Å². The lowest BCUT2D eigenvalue weighted by atomic mass is 10.2. The molecule has 0 N–H and O–H groups in total. The summed E-state index contributed by atoms with van der Waals surface area (Å²) in [7, 11) is 1.60. The van der Waals surface area contributed by atoms with E-state index in [1.165, 1.54) is 25.3 Å². The Morgan fingerprint density at radius 1 is 1.25 bits per heavy atom. The van der Waals surface area contributed by atoms with Gasteiger partial charge in [-0.25, -0.2) is 0 Å². The van der Waals surface area contributed by atoms with Crippen molar-refractivity contribution in [2.45, 2.75) is 32.6 Å². The summed E-state index contributed by atoms with van der Waals surface area (Å²) in [6.07, 6.45) is 7.61. The summed E-state index contributed by atoms with van der Waals surface area (Å²) in [6, 6.07) is 5.52. The summed E-state index contributed by atoms with van der Waals surface area (Å²) in [5, 5.41) is -0.500. The third-order valence-corrected chi connectivity index (χ3v) is 2.98. The van der Waals surface area contributed by atoms with Gasteiger partial charge in [-0.15, -0.1) is 0 Å². The number of benzene rings is 1. The highest BCUT2D eigenvalue weighted by molar-refractivity contribution is 6.66. The first-order valence-electron chi connectivity index (χ1n) is 6.85. The highest BCUT2D eigenvalue weighted by atomic mass is 35.5. The molecule has 1 aromatic carbocycles. The van der Waals surface area contributed by atoms with Crippen LogP contribution in [0.3, 0.4) is 0 Å². The first-order valence-corrected chi connectivity index (χ1v) is 7.23. The molecule has 0 amide bonds. The molecule has 0 aliphatic heterocycles. The SMILES string of the molecule is CCCCCCOc1ccc(/C=C/C(=O)Cl)cc1OC. The lowest BCUT2D eigenvalue weighted by Gasteiger charge is -2.11. The van der Waals surface area contributed by atoms with Crippen LogP contribution in [0.1, 0.15) is 38.2 Å². The second-order valence-electron chi connectivity index (χ2n) is 4.46. The molecule has 0 aliphatic rings. The van der Waals surface area contributed by atoms with Crippen molar-refractivity contribution in [1.82, 2.24) is 0 Å². The Balaban J connectivity index is 2.61. The molecule has 1 rings (SSSR count). The van der Waals surface area contributed by atoms with E-state index in [2.05, 4.69) is 6.92 Å². The lowest BCUT2D eigenvalue weighted by molar-refractivity contribution is -0.107. The molecule has 0 aromatic heterocycles. The van der Waals surface area contributed by atoms with E-state index in [4.69, 9.17) is 21.1 Å². The quantitative estimate of drug-likeness (QED) is 0.384. The molecule has 0 atom stereocenters. The number of ether oxygens (including phenoxy) is 2. The van der Waals surface area contributed by atoms with Gasteiger partial charge in [-0.3, -0.25) is 4.79 Å². The number of carbonyl (C=O) groups excluding carboxylic acids is 1. The van der Waals surface area contributed by atoms with E-state index < -0.39 is 5.24 Å². The maximum absolute atomic E-state index is 10.7. The molecule has 0 radical (unpaired) electrons. The van der Waals surface area contributed by atoms with Crippen LogP contribution in [0.25, 0.3) is 6.08 Å². The van der Waals surface area contributed by atoms with Gasteiger partial charge in [0.1, 0.15) is 0 Å². The van der Waals surface area contributed by atoms with Crippen molar-refractivity contribution >= 4 is 22.9 Å². The van der Waals surface area contributed by atoms with Gasteiger partial charge < -0.3 is 9.47 Å². The Hall–Kier alpha value is -1.48. The predicted molar refractivity (Wildman–Crippen MR) is 82.5 cm³/mol. The minimum atomic E-state index is -0.500. The van der Waals surface area contributed by atoms with Crippen LogP contribution in [0.2, 0.25) is 0 Å². The zero-order valence-corrected chi connectivity index (χ0v) is 12.8. The summed E-state index contributed by atoms with van der Waals surface area (Å²) in [4.78, 5) is 10.7. The maximum atomic E-state index is 10.7. The number of carbonyl (C=O) groups is 1. The van der Waals surface area contributed by atoms with Gasteiger partial charge in [0.2, 0.25) is 5.24 Å². The summed E-state index contributed by atoms with van der Waals surface area (Å²) in [5.41, 5.74) is 0.842. The van der Waals surface area contributed by atoms with Crippen molar-refractivity contribution in [1.29, 1.82) is 0 Å². The maximum Gasteiger partial charge on any atom is 0.245 e. The number of halogens is 1. The fraction of sp³-hybridized carbons (Fsp3) is 0.438. The molecule has 110 valence electrons. The second kappa shape index (κ2) is 9.43. The van der Waals surface area contributed by atoms with Crippen LogP contribution in [0.4, 0.5) is 0 Å². The zero-order chi connectivity index (χ0) is 14.8. The molecule has 4 heteroatoms. The molecule has 1 aromatic rings. The number of methoxy groups -OCH3 is 1. The molecule has 0 spiro atoms. The smallest absolute Gasteiger partial charge is 0.245 e. The van der Waals surface area contributed by atoms with Gasteiger partial charge in [-0.2, -0.15) is 0 Å². The second-order valence-corrected chi connectivity index (χ2v) is 4.83. The Kier molecular flexibility index (Phi) is 7.81. The highest BCUT2D eigenvalue weighted by Crippen LogP contribution is 2.28. The number of hydrogen-bond donors (Lipinski definition) is 0. The van der Waals surface area contributed by atoms with E-state index in [-0.39, 0.29) is 0 Å². The Bertz CT molecular complexity index is 455. The standard InChI is InChI=1S/C16H21ClO3/c1-3-4-5-6-11-20-14-9-7-13(8-10-16(17)18)12-15(14)19-2/h7-10,12H,3-6,11H2,1-2H3/b10-8+. The van der Waals surface area contributed by atoms with Crippen LogP contribution in [-0.2, 0) is 4.79 Å². The fourth-order valence-electron chi connectivity index (χ4n) is 1.78. The number of allylic oxidation sites excluding steroid dienone is 1. The minimum absolute atomic E-state index is 0.500. The summed E-state index contributed by atoms with van der Waals surface area (Å²) in [5.74, 6) is 1.38. The first kappa shape index (κ1) is 16.6. The topological polar surface area (TPSA) is 35.5 Å². The third-order valence-electron chi connectivity index (χ3n) is 2.85. The van der Waals surface area contributed by atoms with Crippen molar-refractivity contribution in [3.05, 3.63) is 29.8 Å². The average Bonchev–Trinajstić information content (AvgIpc) is 2.45. The van der Waals surface area contributed by atoms with Crippen molar-refractivity contribution in [3.63, 3.8) is 0 Å². The van der Waals surface area contributed by atoms with E-state index >= 15 is 0 Å². The minimum Gasteiger partial charge on any atom is -0.493 e. The highest BCUT2D eigenvalue weighted by Gasteiger charge is 2.04. The van der Waals surface area contributed by atoms with E-state index in [1.54, 1.807) is 13.2 Å². The molecule has 0 bridgehead atoms. The molecule has 0 unspecified atom stereocenters. The van der Waals surface area contributed by atoms with E-state index in [0.717, 1.165) is 17.7 Å². The Morgan fingerprint density at radius 3 is 2.70 bits per heavy atom. The Labute approximate surface area is 125 Å². The molecule has 0 saturated carbocycles. The van der Waals surface area contributed by atoms with Crippen LogP contribution < -0.4 is 9.47 Å². The van der Waals surface area contributed by atoms with E-state index in [9.17, 15) is 4.79 Å². The lowest BCUT2D eigenvalue weighted by Crippen LogP contribution is -1.99. The van der Waals surface area contributed by atoms with Crippen LogP contribution >= 0.6 is 11.6 Å². The molecule has 0 fully saturated rings. The van der Waals surface area contributed by atoms with Gasteiger partial charge >= 0.3 is 0 Å². The van der Waals surface area contributed by atoms with Crippen molar-refractivity contribution in [2.75, 3.05) is 13.7 Å². The fourth-order valence-corrected chi connectivity index (χ4v) is 1.84. The van der Waals surface area contributed by atoms with Gasteiger partial charge in [0.05, 0.1) is 13.7 Å². The normalized spacial score (nSPS) is 10.8. The number of hydrogen-bond acceptors (Lipinski definition) is 3. The molecule has 3 nitrogen and oxygen atoms in total. The summed E-state index contributed by atoms with van der Waals surface area (Å²) in [6.45, 7) is 2.87. The predicted octanol–water partition coefficient (Wildman–Crippen LogP) is 4.43. The first-order chi connectivity index (χ1) is 9.67. The molecule has 20 heavy (non-hydrogen) atoms. The van der Waals surface area contributed by atoms with Crippen LogP contribution in [0.5, 0.6) is 11.5 Å². The molecule has 0 saturated heterocycles. The van der Waals surface area contributed by atoms with Gasteiger partial charge in [0.25, 0.3) is 0 Å². The number of rotatable bonds is 9. The third kappa shape index (κ3) is 6.11. The molecule has 0 aliphatic carbocycles. The number of unbranched alkanes of at least 4 members (excludes halogenated alkanes) is 3. The Morgan fingerprint density at radius 2 is 2.05 bits per heavy atom. The molecular weight excluding hydrogens is 276 g/mol. The van der Waals surface area contributed by atoms with Crippen LogP contribution in [-0.4, -0.2) is 19.0 Å². The summed E-state index contributed by atoms with van der Waals surface area (Å²) < 4.78 is 11.0. The van der Waals surface area contributed by atoms with Crippen LogP contribution in [0, 0.1) is 0 Å².